The SMILES string of the molecule is C=NN(C)C(=C)C.CC. The number of hydrogen-bond donors (Lipinski definition) is 0. The van der Waals surface area contributed by atoms with Gasteiger partial charge in [0.2, 0.25) is 0 Å². The molecule has 0 aliphatic heterocycles. The number of nitrogens with zero attached hydrogens (tertiary/aromatic N) is 2. The number of allylic oxidation sites excluding steroid dienone is 1. The maximum absolute atomic E-state index is 3.62. The van der Waals surface area contributed by atoms with Gasteiger partial charge in [-0.05, 0) is 6.92 Å². The van der Waals surface area contributed by atoms with Gasteiger partial charge in [0.15, 0.2) is 0 Å². The van der Waals surface area contributed by atoms with Crippen molar-refractivity contribution in [2.75, 3.05) is 7.05 Å². The Morgan fingerprint density at radius 3 is 1.78 bits per heavy atom. The van der Waals surface area contributed by atoms with Gasteiger partial charge in [-0.3, -0.25) is 5.01 Å². The first-order chi connectivity index (χ1) is 4.18. The van der Waals surface area contributed by atoms with Crippen LogP contribution in [0.2, 0.25) is 0 Å². The van der Waals surface area contributed by atoms with Crippen LogP contribution in [0.3, 0.4) is 0 Å². The summed E-state index contributed by atoms with van der Waals surface area (Å²) in [6.45, 7) is 12.8. The van der Waals surface area contributed by atoms with Gasteiger partial charge in [0.1, 0.15) is 0 Å². The lowest BCUT2D eigenvalue weighted by molar-refractivity contribution is 0.454. The summed E-state index contributed by atoms with van der Waals surface area (Å²) in [6, 6.07) is 0. The largest absolute Gasteiger partial charge is 0.274 e. The van der Waals surface area contributed by atoms with E-state index >= 15 is 0 Å². The first-order valence-electron chi connectivity index (χ1n) is 3.04. The molecule has 0 atom stereocenters. The molecule has 0 spiro atoms. The average molecular weight is 128 g/mol. The van der Waals surface area contributed by atoms with Gasteiger partial charge in [0.25, 0.3) is 0 Å². The fraction of sp³-hybridized carbons (Fsp3) is 0.571. The molecule has 0 unspecified atom stereocenters. The molecular formula is C7H16N2. The molecule has 0 aromatic heterocycles. The molecule has 0 aliphatic rings. The van der Waals surface area contributed by atoms with Gasteiger partial charge in [-0.2, -0.15) is 5.10 Å². The summed E-state index contributed by atoms with van der Waals surface area (Å²) >= 11 is 0. The Bertz CT molecular complexity index is 86.9. The van der Waals surface area contributed by atoms with Crippen molar-refractivity contribution in [3.8, 4) is 0 Å². The van der Waals surface area contributed by atoms with Crippen molar-refractivity contribution in [2.24, 2.45) is 5.10 Å². The van der Waals surface area contributed by atoms with Crippen LogP contribution in [0.5, 0.6) is 0 Å². The highest BCUT2D eigenvalue weighted by Crippen LogP contribution is 1.92. The predicted molar refractivity (Wildman–Crippen MR) is 43.5 cm³/mol. The minimum Gasteiger partial charge on any atom is -0.274 e. The van der Waals surface area contributed by atoms with Crippen LogP contribution in [0.1, 0.15) is 20.8 Å². The number of rotatable bonds is 2. The standard InChI is InChI=1S/C5H10N2.C2H6/c1-5(2)7(4)6-3;1-2/h1,3H2,2,4H3;1-2H3. The molecule has 0 radical (unpaired) electrons. The second-order valence-electron chi connectivity index (χ2n) is 1.40. The summed E-state index contributed by atoms with van der Waals surface area (Å²) in [5.74, 6) is 0. The summed E-state index contributed by atoms with van der Waals surface area (Å²) in [6.07, 6.45) is 0. The van der Waals surface area contributed by atoms with E-state index in [4.69, 9.17) is 0 Å². The van der Waals surface area contributed by atoms with E-state index in [2.05, 4.69) is 18.4 Å². The van der Waals surface area contributed by atoms with Crippen LogP contribution in [0.15, 0.2) is 17.4 Å². The van der Waals surface area contributed by atoms with Crippen LogP contribution in [-0.2, 0) is 0 Å². The maximum Gasteiger partial charge on any atom is 0.0299 e. The topological polar surface area (TPSA) is 15.6 Å². The van der Waals surface area contributed by atoms with E-state index in [1.54, 1.807) is 12.1 Å². The molecule has 0 saturated heterocycles. The van der Waals surface area contributed by atoms with Crippen LogP contribution in [-0.4, -0.2) is 18.8 Å². The maximum atomic E-state index is 3.62. The number of hydrogen-bond acceptors (Lipinski definition) is 2. The quantitative estimate of drug-likeness (QED) is 0.410. The Balaban J connectivity index is 0. The lowest BCUT2D eigenvalue weighted by Gasteiger charge is -2.08. The molecule has 0 bridgehead atoms. The van der Waals surface area contributed by atoms with Crippen molar-refractivity contribution in [3.63, 3.8) is 0 Å². The highest BCUT2D eigenvalue weighted by molar-refractivity contribution is 5.23. The minimum atomic E-state index is 0.898. The van der Waals surface area contributed by atoms with Crippen molar-refractivity contribution < 1.29 is 0 Å². The zero-order valence-electron chi connectivity index (χ0n) is 6.81. The molecule has 0 aromatic carbocycles. The van der Waals surface area contributed by atoms with E-state index in [9.17, 15) is 0 Å². The zero-order valence-corrected chi connectivity index (χ0v) is 6.81. The Hall–Kier alpha value is -0.790. The van der Waals surface area contributed by atoms with Crippen LogP contribution in [0.25, 0.3) is 0 Å². The third kappa shape index (κ3) is 7.21. The molecule has 2 nitrogen and oxygen atoms in total. The van der Waals surface area contributed by atoms with E-state index in [0.717, 1.165) is 5.70 Å². The van der Waals surface area contributed by atoms with Crippen molar-refractivity contribution in [1.82, 2.24) is 5.01 Å². The van der Waals surface area contributed by atoms with E-state index in [1.807, 2.05) is 20.8 Å². The smallest absolute Gasteiger partial charge is 0.0299 e. The van der Waals surface area contributed by atoms with Gasteiger partial charge in [-0.1, -0.05) is 20.4 Å². The summed E-state index contributed by atoms with van der Waals surface area (Å²) in [7, 11) is 1.80. The van der Waals surface area contributed by atoms with Crippen LogP contribution >= 0.6 is 0 Å². The molecule has 0 heterocycles. The summed E-state index contributed by atoms with van der Waals surface area (Å²) in [5.41, 5.74) is 0.898. The van der Waals surface area contributed by atoms with Gasteiger partial charge in [0, 0.05) is 19.5 Å². The van der Waals surface area contributed by atoms with Gasteiger partial charge in [-0.15, -0.1) is 0 Å². The van der Waals surface area contributed by atoms with Crippen LogP contribution in [0, 0.1) is 0 Å². The molecule has 0 fully saturated rings. The first-order valence-corrected chi connectivity index (χ1v) is 3.04. The highest BCUT2D eigenvalue weighted by atomic mass is 15.4. The molecule has 0 aromatic rings. The van der Waals surface area contributed by atoms with Gasteiger partial charge in [0.05, 0.1) is 0 Å². The third-order valence-electron chi connectivity index (χ3n) is 0.765. The van der Waals surface area contributed by atoms with Gasteiger partial charge < -0.3 is 0 Å². The second-order valence-corrected chi connectivity index (χ2v) is 1.40. The average Bonchev–Trinajstić information content (AvgIpc) is 1.91. The lowest BCUT2D eigenvalue weighted by atomic mass is 10.6. The normalized spacial score (nSPS) is 6.67. The van der Waals surface area contributed by atoms with Crippen molar-refractivity contribution in [2.45, 2.75) is 20.8 Å². The van der Waals surface area contributed by atoms with Crippen molar-refractivity contribution in [3.05, 3.63) is 12.3 Å². The molecule has 2 heteroatoms. The molecule has 0 rings (SSSR count). The third-order valence-corrected chi connectivity index (χ3v) is 0.765. The summed E-state index contributed by atoms with van der Waals surface area (Å²) in [4.78, 5) is 0. The molecule has 0 saturated carbocycles. The monoisotopic (exact) mass is 128 g/mol. The first kappa shape index (κ1) is 11.1. The summed E-state index contributed by atoms with van der Waals surface area (Å²) in [5, 5.41) is 5.18. The fourth-order valence-electron chi connectivity index (χ4n) is 0.121. The Kier molecular flexibility index (Phi) is 8.87. The van der Waals surface area contributed by atoms with E-state index < -0.39 is 0 Å². The zero-order chi connectivity index (χ0) is 7.86. The lowest BCUT2D eigenvalue weighted by Crippen LogP contribution is -2.04. The van der Waals surface area contributed by atoms with E-state index in [0.29, 0.717) is 0 Å². The van der Waals surface area contributed by atoms with Crippen molar-refractivity contribution >= 4 is 6.72 Å². The molecule has 0 amide bonds. The van der Waals surface area contributed by atoms with Gasteiger partial charge >= 0.3 is 0 Å². The summed E-state index contributed by atoms with van der Waals surface area (Å²) < 4.78 is 0. The molecule has 9 heavy (non-hydrogen) atoms. The molecule has 54 valence electrons. The highest BCUT2D eigenvalue weighted by Gasteiger charge is 1.84. The second kappa shape index (κ2) is 7.21. The number of hydrazone groups is 1. The van der Waals surface area contributed by atoms with Crippen LogP contribution < -0.4 is 0 Å². The predicted octanol–water partition coefficient (Wildman–Crippen LogP) is 2.09. The Labute approximate surface area is 57.9 Å². The van der Waals surface area contributed by atoms with Crippen LogP contribution in [0.4, 0.5) is 0 Å². The van der Waals surface area contributed by atoms with E-state index in [-0.39, 0.29) is 0 Å². The van der Waals surface area contributed by atoms with E-state index in [1.165, 1.54) is 0 Å². The fourth-order valence-corrected chi connectivity index (χ4v) is 0.121. The molecule has 0 aliphatic carbocycles. The Morgan fingerprint density at radius 2 is 1.78 bits per heavy atom. The minimum absolute atomic E-state index is 0.898. The molecular weight excluding hydrogens is 112 g/mol. The molecule has 0 N–H and O–H groups in total. The van der Waals surface area contributed by atoms with Gasteiger partial charge in [-0.25, -0.2) is 0 Å². The van der Waals surface area contributed by atoms with Crippen molar-refractivity contribution in [1.29, 1.82) is 0 Å². The Morgan fingerprint density at radius 1 is 1.44 bits per heavy atom.